The van der Waals surface area contributed by atoms with E-state index in [0.717, 1.165) is 17.8 Å². The normalized spacial score (nSPS) is 13.0. The van der Waals surface area contributed by atoms with Crippen LogP contribution in [0.1, 0.15) is 38.7 Å². The van der Waals surface area contributed by atoms with Crippen LogP contribution in [0.25, 0.3) is 5.69 Å². The minimum atomic E-state index is -0.650. The van der Waals surface area contributed by atoms with Crippen LogP contribution in [0.4, 0.5) is 5.69 Å². The largest absolute Gasteiger partial charge is 0.481 e. The molecule has 1 amide bonds. The third-order valence-electron chi connectivity index (χ3n) is 4.47. The van der Waals surface area contributed by atoms with Gasteiger partial charge in [-0.3, -0.25) is 4.79 Å². The fourth-order valence-corrected chi connectivity index (χ4v) is 2.61. The number of ether oxygens (including phenoxy) is 1. The van der Waals surface area contributed by atoms with Crippen LogP contribution < -0.4 is 10.1 Å². The van der Waals surface area contributed by atoms with Crippen LogP contribution in [-0.4, -0.2) is 32.2 Å². The third kappa shape index (κ3) is 4.69. The zero-order valence-electron chi connectivity index (χ0n) is 15.7. The van der Waals surface area contributed by atoms with Crippen molar-refractivity contribution in [2.45, 2.75) is 39.2 Å². The highest BCUT2D eigenvalue weighted by atomic mass is 16.5. The maximum absolute atomic E-state index is 12.4. The predicted molar refractivity (Wildman–Crippen MR) is 103 cm³/mol. The van der Waals surface area contributed by atoms with Gasteiger partial charge in [0.2, 0.25) is 0 Å². The highest BCUT2D eigenvalue weighted by Gasteiger charge is 2.15. The van der Waals surface area contributed by atoms with Gasteiger partial charge in [-0.25, -0.2) is 4.68 Å². The molecular formula is C20H23N5O2. The Morgan fingerprint density at radius 2 is 1.96 bits per heavy atom. The number of benzene rings is 2. The van der Waals surface area contributed by atoms with Crippen LogP contribution in [0.15, 0.2) is 54.9 Å². The summed E-state index contributed by atoms with van der Waals surface area (Å²) in [4.78, 5) is 12.4. The van der Waals surface area contributed by atoms with Crippen LogP contribution in [0.2, 0.25) is 0 Å². The quantitative estimate of drug-likeness (QED) is 0.692. The van der Waals surface area contributed by atoms with Crippen molar-refractivity contribution in [3.8, 4) is 11.4 Å². The summed E-state index contributed by atoms with van der Waals surface area (Å²) in [5.74, 6) is 0.862. The Balaban J connectivity index is 1.62. The molecular weight excluding hydrogens is 342 g/mol. The Morgan fingerprint density at radius 3 is 2.63 bits per heavy atom. The van der Waals surface area contributed by atoms with Gasteiger partial charge in [0.1, 0.15) is 12.1 Å². The van der Waals surface area contributed by atoms with Crippen molar-refractivity contribution >= 4 is 11.6 Å². The summed E-state index contributed by atoms with van der Waals surface area (Å²) in [7, 11) is 0. The number of rotatable bonds is 7. The van der Waals surface area contributed by atoms with Gasteiger partial charge in [0.05, 0.1) is 5.69 Å². The standard InChI is InChI=1S/C20H23N5O2/c1-4-14(2)16-8-10-17(11-9-16)22-20(26)15(3)27-19-7-5-6-18(12-19)25-13-21-23-24-25/h5-15H,4H2,1-3H3,(H,22,26)/t14-,15-/m1/s1. The first-order valence-electron chi connectivity index (χ1n) is 8.97. The Morgan fingerprint density at radius 1 is 1.19 bits per heavy atom. The number of nitrogens with one attached hydrogen (secondary N) is 1. The number of hydrogen-bond acceptors (Lipinski definition) is 5. The lowest BCUT2D eigenvalue weighted by Crippen LogP contribution is -2.30. The van der Waals surface area contributed by atoms with E-state index in [1.54, 1.807) is 19.1 Å². The van der Waals surface area contributed by atoms with Gasteiger partial charge < -0.3 is 10.1 Å². The van der Waals surface area contributed by atoms with Crippen molar-refractivity contribution in [2.75, 3.05) is 5.32 Å². The van der Waals surface area contributed by atoms with E-state index in [4.69, 9.17) is 4.74 Å². The highest BCUT2D eigenvalue weighted by molar-refractivity contribution is 5.94. The molecule has 0 fully saturated rings. The molecule has 1 heterocycles. The molecule has 0 aliphatic heterocycles. The first kappa shape index (κ1) is 18.6. The Hall–Kier alpha value is -3.22. The molecule has 1 aromatic heterocycles. The summed E-state index contributed by atoms with van der Waals surface area (Å²) in [6, 6.07) is 15.2. The minimum Gasteiger partial charge on any atom is -0.481 e. The molecule has 3 aromatic rings. The molecule has 2 atom stereocenters. The second-order valence-corrected chi connectivity index (χ2v) is 6.43. The zero-order valence-corrected chi connectivity index (χ0v) is 15.7. The fourth-order valence-electron chi connectivity index (χ4n) is 2.61. The van der Waals surface area contributed by atoms with Crippen molar-refractivity contribution in [3.05, 3.63) is 60.4 Å². The molecule has 0 aliphatic carbocycles. The lowest BCUT2D eigenvalue weighted by molar-refractivity contribution is -0.122. The number of carbonyl (C=O) groups is 1. The van der Waals surface area contributed by atoms with E-state index in [-0.39, 0.29) is 5.91 Å². The number of aromatic nitrogens is 4. The minimum absolute atomic E-state index is 0.209. The SMILES string of the molecule is CC[C@@H](C)c1ccc(NC(=O)[C@@H](C)Oc2cccc(-n3cnnn3)c2)cc1. The van der Waals surface area contributed by atoms with Gasteiger partial charge in [-0.1, -0.05) is 32.0 Å². The topological polar surface area (TPSA) is 81.9 Å². The molecule has 0 bridgehead atoms. The number of nitrogens with zero attached hydrogens (tertiary/aromatic N) is 4. The van der Waals surface area contributed by atoms with Crippen molar-refractivity contribution in [1.82, 2.24) is 20.2 Å². The average molecular weight is 365 g/mol. The van der Waals surface area contributed by atoms with E-state index >= 15 is 0 Å². The van der Waals surface area contributed by atoms with E-state index < -0.39 is 6.10 Å². The Labute approximate surface area is 158 Å². The van der Waals surface area contributed by atoms with E-state index in [0.29, 0.717) is 11.7 Å². The van der Waals surface area contributed by atoms with Gasteiger partial charge >= 0.3 is 0 Å². The van der Waals surface area contributed by atoms with E-state index in [1.165, 1.54) is 16.6 Å². The number of amides is 1. The molecule has 0 spiro atoms. The van der Waals surface area contributed by atoms with Gasteiger partial charge in [-0.2, -0.15) is 0 Å². The molecule has 7 heteroatoms. The molecule has 2 aromatic carbocycles. The molecule has 1 N–H and O–H groups in total. The summed E-state index contributed by atoms with van der Waals surface area (Å²) >= 11 is 0. The number of hydrogen-bond donors (Lipinski definition) is 1. The van der Waals surface area contributed by atoms with Gasteiger partial charge in [0, 0.05) is 11.8 Å². The Bertz CT molecular complexity index is 878. The number of carbonyl (C=O) groups excluding carboxylic acids is 1. The highest BCUT2D eigenvalue weighted by Crippen LogP contribution is 2.21. The first-order chi connectivity index (χ1) is 13.1. The maximum Gasteiger partial charge on any atom is 0.265 e. The number of tetrazole rings is 1. The molecule has 140 valence electrons. The summed E-state index contributed by atoms with van der Waals surface area (Å²) < 4.78 is 7.30. The zero-order chi connectivity index (χ0) is 19.2. The van der Waals surface area contributed by atoms with Gasteiger partial charge in [0.15, 0.2) is 6.10 Å². The summed E-state index contributed by atoms with van der Waals surface area (Å²) in [6.07, 6.45) is 1.93. The summed E-state index contributed by atoms with van der Waals surface area (Å²) in [6.45, 7) is 6.06. The second kappa shape index (κ2) is 8.44. The van der Waals surface area contributed by atoms with Crippen LogP contribution in [-0.2, 0) is 4.79 Å². The summed E-state index contributed by atoms with van der Waals surface area (Å²) in [5.41, 5.74) is 2.77. The molecule has 3 rings (SSSR count). The predicted octanol–water partition coefficient (Wildman–Crippen LogP) is 3.58. The molecule has 0 unspecified atom stereocenters. The van der Waals surface area contributed by atoms with Gasteiger partial charge in [-0.15, -0.1) is 5.10 Å². The van der Waals surface area contributed by atoms with Crippen LogP contribution in [0, 0.1) is 0 Å². The molecule has 0 aliphatic rings. The van der Waals surface area contributed by atoms with Crippen molar-refractivity contribution in [3.63, 3.8) is 0 Å². The third-order valence-corrected chi connectivity index (χ3v) is 4.47. The average Bonchev–Trinajstić information content (AvgIpc) is 3.23. The van der Waals surface area contributed by atoms with Crippen LogP contribution in [0.3, 0.4) is 0 Å². The second-order valence-electron chi connectivity index (χ2n) is 6.43. The first-order valence-corrected chi connectivity index (χ1v) is 8.97. The molecule has 7 nitrogen and oxygen atoms in total. The van der Waals surface area contributed by atoms with Crippen LogP contribution in [0.5, 0.6) is 5.75 Å². The van der Waals surface area contributed by atoms with Gasteiger partial charge in [-0.05, 0) is 59.5 Å². The molecule has 0 saturated heterocycles. The molecule has 27 heavy (non-hydrogen) atoms. The summed E-state index contributed by atoms with van der Waals surface area (Å²) in [5, 5.41) is 14.0. The van der Waals surface area contributed by atoms with Crippen molar-refractivity contribution in [1.29, 1.82) is 0 Å². The smallest absolute Gasteiger partial charge is 0.265 e. The maximum atomic E-state index is 12.4. The van der Waals surface area contributed by atoms with E-state index in [9.17, 15) is 4.79 Å². The van der Waals surface area contributed by atoms with E-state index in [1.807, 2.05) is 36.4 Å². The Kier molecular flexibility index (Phi) is 5.80. The molecule has 0 saturated carbocycles. The number of anilines is 1. The monoisotopic (exact) mass is 365 g/mol. The lowest BCUT2D eigenvalue weighted by Gasteiger charge is -2.16. The van der Waals surface area contributed by atoms with Crippen molar-refractivity contribution in [2.24, 2.45) is 0 Å². The van der Waals surface area contributed by atoms with Gasteiger partial charge in [0.25, 0.3) is 5.91 Å². The molecule has 0 radical (unpaired) electrons. The lowest BCUT2D eigenvalue weighted by atomic mass is 9.99. The van der Waals surface area contributed by atoms with Crippen molar-refractivity contribution < 1.29 is 9.53 Å². The van der Waals surface area contributed by atoms with E-state index in [2.05, 4.69) is 34.7 Å². The fraction of sp³-hybridized carbons (Fsp3) is 0.300. The van der Waals surface area contributed by atoms with Crippen LogP contribution >= 0.6 is 0 Å².